The van der Waals surface area contributed by atoms with Gasteiger partial charge in [0.05, 0.1) is 25.4 Å². The summed E-state index contributed by atoms with van der Waals surface area (Å²) in [6, 6.07) is -0.717. The Morgan fingerprint density at radius 1 is 0.673 bits per heavy atom. The molecule has 0 bridgehead atoms. The molecule has 1 aliphatic rings. The molecular weight excluding hydrogens is 622 g/mol. The minimum absolute atomic E-state index is 0.139. The highest BCUT2D eigenvalue weighted by molar-refractivity contribution is 5.76. The van der Waals surface area contributed by atoms with Crippen LogP contribution in [-0.4, -0.2) is 87.5 Å². The van der Waals surface area contributed by atoms with Gasteiger partial charge in [0, 0.05) is 6.42 Å². The third-order valence-electron chi connectivity index (χ3n) is 9.87. The van der Waals surface area contributed by atoms with Gasteiger partial charge >= 0.3 is 0 Å². The zero-order valence-corrected chi connectivity index (χ0v) is 31.5. The fourth-order valence-corrected chi connectivity index (χ4v) is 6.51. The largest absolute Gasteiger partial charge is 0.394 e. The zero-order chi connectivity index (χ0) is 36.0. The number of carbonyl (C=O) groups is 1. The summed E-state index contributed by atoms with van der Waals surface area (Å²) >= 11 is 0. The van der Waals surface area contributed by atoms with Crippen LogP contribution >= 0.6 is 0 Å². The number of allylic oxidation sites excluding steroid dienone is 2. The maximum absolute atomic E-state index is 12.9. The first-order valence-corrected chi connectivity index (χ1v) is 20.4. The van der Waals surface area contributed by atoms with Crippen LogP contribution in [0.4, 0.5) is 0 Å². The number of hydrogen-bond acceptors (Lipinski definition) is 8. The van der Waals surface area contributed by atoms with Crippen LogP contribution in [0.15, 0.2) is 12.2 Å². The van der Waals surface area contributed by atoms with Crippen LogP contribution in [0.1, 0.15) is 181 Å². The van der Waals surface area contributed by atoms with E-state index in [0.717, 1.165) is 51.4 Å². The molecule has 0 saturated carbocycles. The highest BCUT2D eigenvalue weighted by atomic mass is 16.7. The van der Waals surface area contributed by atoms with E-state index in [1.165, 1.54) is 103 Å². The summed E-state index contributed by atoms with van der Waals surface area (Å²) in [5, 5.41) is 54.1. The van der Waals surface area contributed by atoms with Crippen molar-refractivity contribution in [3.63, 3.8) is 0 Å². The molecule has 2 unspecified atom stereocenters. The number of hydrogen-bond donors (Lipinski definition) is 6. The first-order valence-electron chi connectivity index (χ1n) is 20.4. The summed E-state index contributed by atoms with van der Waals surface area (Å²) in [5.74, 6) is -0.155. The summed E-state index contributed by atoms with van der Waals surface area (Å²) in [6.45, 7) is 3.79. The number of unbranched alkanes of at least 4 members (excludes halogenated alkanes) is 21. The quantitative estimate of drug-likeness (QED) is 0.0307. The molecule has 1 fully saturated rings. The molecule has 0 aromatic heterocycles. The van der Waals surface area contributed by atoms with E-state index < -0.39 is 49.5 Å². The average molecular weight is 700 g/mol. The van der Waals surface area contributed by atoms with Crippen LogP contribution in [0, 0.1) is 0 Å². The Balaban J connectivity index is 2.40. The predicted octanol–water partition coefficient (Wildman–Crippen LogP) is 7.39. The maximum Gasteiger partial charge on any atom is 0.220 e. The number of carbonyl (C=O) groups excluding carboxylic acids is 1. The third kappa shape index (κ3) is 23.2. The highest BCUT2D eigenvalue weighted by Crippen LogP contribution is 2.23. The predicted molar refractivity (Wildman–Crippen MR) is 198 cm³/mol. The second-order valence-electron chi connectivity index (χ2n) is 14.4. The van der Waals surface area contributed by atoms with Gasteiger partial charge in [-0.05, 0) is 38.5 Å². The molecule has 49 heavy (non-hydrogen) atoms. The number of nitrogens with one attached hydrogen (secondary N) is 1. The van der Waals surface area contributed by atoms with E-state index in [1.54, 1.807) is 0 Å². The van der Waals surface area contributed by atoms with Crippen LogP contribution in [0.5, 0.6) is 0 Å². The summed E-state index contributed by atoms with van der Waals surface area (Å²) in [4.78, 5) is 12.9. The van der Waals surface area contributed by atoms with Gasteiger partial charge in [0.1, 0.15) is 24.4 Å². The Kier molecular flexibility index (Phi) is 29.7. The first kappa shape index (κ1) is 46.0. The van der Waals surface area contributed by atoms with E-state index in [2.05, 4.69) is 31.3 Å². The van der Waals surface area contributed by atoms with Gasteiger partial charge in [-0.15, -0.1) is 0 Å². The van der Waals surface area contributed by atoms with E-state index in [4.69, 9.17) is 9.47 Å². The normalized spacial score (nSPS) is 22.5. The highest BCUT2D eigenvalue weighted by Gasteiger charge is 2.44. The summed E-state index contributed by atoms with van der Waals surface area (Å²) in [7, 11) is 0. The van der Waals surface area contributed by atoms with Crippen LogP contribution in [-0.2, 0) is 14.3 Å². The van der Waals surface area contributed by atoms with E-state index >= 15 is 0 Å². The molecule has 9 nitrogen and oxygen atoms in total. The van der Waals surface area contributed by atoms with Crippen molar-refractivity contribution in [3.8, 4) is 0 Å². The number of rotatable bonds is 33. The minimum atomic E-state index is -1.55. The lowest BCUT2D eigenvalue weighted by molar-refractivity contribution is -0.302. The first-order chi connectivity index (χ1) is 23.8. The van der Waals surface area contributed by atoms with E-state index in [-0.39, 0.29) is 12.5 Å². The summed E-state index contributed by atoms with van der Waals surface area (Å²) in [5.41, 5.74) is 0. The van der Waals surface area contributed by atoms with Gasteiger partial charge in [0.25, 0.3) is 0 Å². The topological polar surface area (TPSA) is 149 Å². The van der Waals surface area contributed by atoms with E-state index in [1.807, 2.05) is 0 Å². The number of aliphatic hydroxyl groups is 5. The van der Waals surface area contributed by atoms with Crippen molar-refractivity contribution in [2.24, 2.45) is 0 Å². The van der Waals surface area contributed by atoms with Gasteiger partial charge in [-0.1, -0.05) is 148 Å². The van der Waals surface area contributed by atoms with Gasteiger partial charge in [-0.25, -0.2) is 0 Å². The van der Waals surface area contributed by atoms with Crippen molar-refractivity contribution >= 4 is 5.91 Å². The molecule has 6 N–H and O–H groups in total. The molecule has 1 saturated heterocycles. The third-order valence-corrected chi connectivity index (χ3v) is 9.87. The summed E-state index contributed by atoms with van der Waals surface area (Å²) < 4.78 is 11.2. The second kappa shape index (κ2) is 31.6. The molecule has 7 atom stereocenters. The monoisotopic (exact) mass is 700 g/mol. The molecule has 0 aromatic rings. The van der Waals surface area contributed by atoms with Gasteiger partial charge in [-0.3, -0.25) is 4.79 Å². The number of amides is 1. The SMILES string of the molecule is CCCCCC/C=C/CCCCCCCC(=O)N[C@@H](CO[C@@H]1O[C@H](CO)[C@@H](O)C(O)C1O)[C@H](O)CCCCCCCCCCCCCCC. The molecule has 0 aliphatic carbocycles. The van der Waals surface area contributed by atoms with Gasteiger partial charge in [0.15, 0.2) is 6.29 Å². The molecule has 1 aliphatic heterocycles. The smallest absolute Gasteiger partial charge is 0.220 e. The lowest BCUT2D eigenvalue weighted by Gasteiger charge is -2.40. The fraction of sp³-hybridized carbons (Fsp3) is 0.925. The molecule has 9 heteroatoms. The van der Waals surface area contributed by atoms with Crippen molar-refractivity contribution in [3.05, 3.63) is 12.2 Å². The fourth-order valence-electron chi connectivity index (χ4n) is 6.51. The van der Waals surface area contributed by atoms with Crippen molar-refractivity contribution < 1.29 is 39.8 Å². The van der Waals surface area contributed by atoms with Crippen molar-refractivity contribution in [2.45, 2.75) is 224 Å². The molecule has 0 aromatic carbocycles. The van der Waals surface area contributed by atoms with Crippen molar-refractivity contribution in [2.75, 3.05) is 13.2 Å². The Bertz CT molecular complexity index is 781. The van der Waals surface area contributed by atoms with Crippen LogP contribution in [0.3, 0.4) is 0 Å². The number of ether oxygens (including phenoxy) is 2. The average Bonchev–Trinajstić information content (AvgIpc) is 3.10. The molecule has 0 spiro atoms. The van der Waals surface area contributed by atoms with Crippen molar-refractivity contribution in [1.82, 2.24) is 5.32 Å². The van der Waals surface area contributed by atoms with Crippen molar-refractivity contribution in [1.29, 1.82) is 0 Å². The van der Waals surface area contributed by atoms with Crippen LogP contribution in [0.25, 0.3) is 0 Å². The lowest BCUT2D eigenvalue weighted by Crippen LogP contribution is -2.60. The standard InChI is InChI=1S/C40H77NO8/c1-3-5-7-9-11-13-15-17-19-21-23-25-27-29-34(43)33(32-48-40-39(47)38(46)37(45)35(31-42)49-40)41-36(44)30-28-26-24-22-20-18-16-14-12-10-8-6-4-2/h14,16,33-35,37-40,42-43,45-47H,3-13,15,17-32H2,1-2H3,(H,41,44)/b16-14+/t33-,34+,35+,37+,38?,39?,40+/m0/s1. The van der Waals surface area contributed by atoms with Crippen LogP contribution < -0.4 is 5.32 Å². The van der Waals surface area contributed by atoms with Gasteiger partial charge in [0.2, 0.25) is 5.91 Å². The number of aliphatic hydroxyl groups excluding tert-OH is 5. The second-order valence-corrected chi connectivity index (χ2v) is 14.4. The maximum atomic E-state index is 12.9. The molecule has 1 amide bonds. The van der Waals surface area contributed by atoms with Gasteiger partial charge in [-0.2, -0.15) is 0 Å². The zero-order valence-electron chi connectivity index (χ0n) is 31.5. The Labute approximate surface area is 299 Å². The minimum Gasteiger partial charge on any atom is -0.394 e. The summed E-state index contributed by atoms with van der Waals surface area (Å²) in [6.07, 6.45) is 26.4. The van der Waals surface area contributed by atoms with E-state index in [0.29, 0.717) is 12.8 Å². The lowest BCUT2D eigenvalue weighted by atomic mass is 9.99. The molecule has 290 valence electrons. The van der Waals surface area contributed by atoms with Crippen LogP contribution in [0.2, 0.25) is 0 Å². The molecule has 1 heterocycles. The van der Waals surface area contributed by atoms with E-state index in [9.17, 15) is 30.3 Å². The molecule has 0 radical (unpaired) electrons. The Morgan fingerprint density at radius 3 is 1.67 bits per heavy atom. The molecule has 1 rings (SSSR count). The van der Waals surface area contributed by atoms with Gasteiger partial charge < -0.3 is 40.3 Å². The Hall–Kier alpha value is -1.07. The Morgan fingerprint density at radius 2 is 1.14 bits per heavy atom. The molecular formula is C40H77NO8.